The van der Waals surface area contributed by atoms with E-state index in [2.05, 4.69) is 29.8 Å². The fourth-order valence-corrected chi connectivity index (χ4v) is 6.89. The zero-order chi connectivity index (χ0) is 28.3. The summed E-state index contributed by atoms with van der Waals surface area (Å²) in [5.41, 5.74) is 0.0676. The van der Waals surface area contributed by atoms with Crippen LogP contribution in [0.25, 0.3) is 37.6 Å². The number of fused-ring (bicyclic) bond motifs is 1. The van der Waals surface area contributed by atoms with Gasteiger partial charge in [0.15, 0.2) is 5.01 Å². The summed E-state index contributed by atoms with van der Waals surface area (Å²) in [5.74, 6) is 0. The first-order valence-corrected chi connectivity index (χ1v) is 15.0. The third-order valence-corrected chi connectivity index (χ3v) is 10.0. The molecule has 4 aromatic rings. The van der Waals surface area contributed by atoms with Crippen molar-refractivity contribution in [3.05, 3.63) is 46.9 Å². The highest BCUT2D eigenvalue weighted by Gasteiger charge is 2.54. The van der Waals surface area contributed by atoms with E-state index in [0.29, 0.717) is 45.8 Å². The lowest BCUT2D eigenvalue weighted by Gasteiger charge is -2.12. The van der Waals surface area contributed by atoms with E-state index >= 15 is 0 Å². The zero-order valence-corrected chi connectivity index (χ0v) is 23.1. The molecule has 0 amide bonds. The standard InChI is InChI=1S/C23H20F3N7O3S3/c1-12(2)38(34)17-6-5-13(11-28-17)15-9-14(39(35,36)32-22(27-3)7-8-22)10-16-18(31-33(4)19(15)16)20-29-30-21(37-20)23(24,25)26/h5-6,9-12,32H,7-8H2,1-2,4H3. The number of aryl methyl sites for hydroxylation is 1. The molecule has 1 aliphatic carbocycles. The molecule has 0 saturated heterocycles. The molecule has 1 aliphatic rings. The van der Waals surface area contributed by atoms with Crippen LogP contribution in [0.1, 0.15) is 31.7 Å². The Morgan fingerprint density at radius 2 is 1.95 bits per heavy atom. The molecule has 1 fully saturated rings. The van der Waals surface area contributed by atoms with Crippen molar-refractivity contribution in [2.24, 2.45) is 7.05 Å². The van der Waals surface area contributed by atoms with Crippen molar-refractivity contribution in [3.8, 4) is 21.8 Å². The van der Waals surface area contributed by atoms with Gasteiger partial charge >= 0.3 is 6.18 Å². The SMILES string of the molecule is [C-]#[N+]C1(NS(=O)(=O)c2cc(-c3ccc(S(=O)C(C)C)nc3)c3c(c2)c(-c2nnc(C(F)(F)F)s2)nn3C)CC1. The van der Waals surface area contributed by atoms with Crippen LogP contribution < -0.4 is 4.72 Å². The van der Waals surface area contributed by atoms with Gasteiger partial charge in [0.05, 0.1) is 34.1 Å². The summed E-state index contributed by atoms with van der Waals surface area (Å²) in [5, 5.41) is 10.4. The quantitative estimate of drug-likeness (QED) is 0.315. The van der Waals surface area contributed by atoms with Gasteiger partial charge in [0.2, 0.25) is 15.0 Å². The predicted octanol–water partition coefficient (Wildman–Crippen LogP) is 4.38. The monoisotopic (exact) mass is 595 g/mol. The Labute approximate surface area is 227 Å². The maximum atomic E-state index is 13.4. The Balaban J connectivity index is 1.73. The van der Waals surface area contributed by atoms with Crippen molar-refractivity contribution in [2.75, 3.05) is 0 Å². The molecule has 0 radical (unpaired) electrons. The number of alkyl halides is 3. The van der Waals surface area contributed by atoms with E-state index in [-0.39, 0.29) is 26.2 Å². The van der Waals surface area contributed by atoms with Gasteiger partial charge in [-0.25, -0.2) is 20.0 Å². The number of pyridine rings is 1. The molecule has 0 bridgehead atoms. The highest BCUT2D eigenvalue weighted by atomic mass is 32.2. The van der Waals surface area contributed by atoms with E-state index in [1.807, 2.05) is 0 Å². The first-order chi connectivity index (χ1) is 18.2. The van der Waals surface area contributed by atoms with Crippen LogP contribution >= 0.6 is 11.3 Å². The van der Waals surface area contributed by atoms with Gasteiger partial charge in [-0.1, -0.05) is 25.2 Å². The van der Waals surface area contributed by atoms with Crippen molar-refractivity contribution in [1.82, 2.24) is 29.7 Å². The molecular weight excluding hydrogens is 575 g/mol. The van der Waals surface area contributed by atoms with Crippen molar-refractivity contribution >= 4 is 43.1 Å². The van der Waals surface area contributed by atoms with E-state index in [0.717, 1.165) is 0 Å². The van der Waals surface area contributed by atoms with Gasteiger partial charge in [-0.05, 0) is 24.3 Å². The van der Waals surface area contributed by atoms with Gasteiger partial charge in [0, 0.05) is 35.0 Å². The number of sulfonamides is 1. The average Bonchev–Trinajstić information content (AvgIpc) is 3.30. The van der Waals surface area contributed by atoms with E-state index in [9.17, 15) is 25.8 Å². The molecule has 1 unspecified atom stereocenters. The van der Waals surface area contributed by atoms with E-state index in [1.54, 1.807) is 33.0 Å². The zero-order valence-electron chi connectivity index (χ0n) is 20.6. The summed E-state index contributed by atoms with van der Waals surface area (Å²) in [6.07, 6.45) is -2.51. The number of nitrogens with one attached hydrogen (secondary N) is 1. The summed E-state index contributed by atoms with van der Waals surface area (Å²) in [6.45, 7) is 10.9. The van der Waals surface area contributed by atoms with Crippen LogP contribution in [0.5, 0.6) is 0 Å². The van der Waals surface area contributed by atoms with Gasteiger partial charge < -0.3 is 0 Å². The third kappa shape index (κ3) is 5.07. The van der Waals surface area contributed by atoms with E-state index in [4.69, 9.17) is 6.57 Å². The van der Waals surface area contributed by atoms with Crippen LogP contribution in [0.15, 0.2) is 40.4 Å². The van der Waals surface area contributed by atoms with Gasteiger partial charge in [-0.15, -0.1) is 14.9 Å². The summed E-state index contributed by atoms with van der Waals surface area (Å²) in [7, 11) is -3.99. The van der Waals surface area contributed by atoms with Crippen LogP contribution in [0.2, 0.25) is 0 Å². The van der Waals surface area contributed by atoms with Gasteiger partial charge in [-0.3, -0.25) is 13.7 Å². The van der Waals surface area contributed by atoms with E-state index < -0.39 is 37.7 Å². The summed E-state index contributed by atoms with van der Waals surface area (Å²) in [4.78, 5) is 7.50. The number of nitrogens with zero attached hydrogens (tertiary/aromatic N) is 6. The summed E-state index contributed by atoms with van der Waals surface area (Å²) >= 11 is 0.293. The maximum Gasteiger partial charge on any atom is 0.445 e. The van der Waals surface area contributed by atoms with Crippen LogP contribution in [-0.2, 0) is 34.0 Å². The smallest absolute Gasteiger partial charge is 0.292 e. The van der Waals surface area contributed by atoms with Crippen molar-refractivity contribution in [2.45, 2.75) is 53.7 Å². The molecule has 3 heterocycles. The molecule has 0 aliphatic heterocycles. The molecule has 1 N–H and O–H groups in total. The van der Waals surface area contributed by atoms with Crippen LogP contribution in [0, 0.1) is 6.57 Å². The number of hydrogen-bond donors (Lipinski definition) is 1. The number of aromatic nitrogens is 5. The first-order valence-electron chi connectivity index (χ1n) is 11.5. The molecule has 1 aromatic carbocycles. The van der Waals surface area contributed by atoms with Crippen molar-refractivity contribution in [1.29, 1.82) is 0 Å². The molecule has 0 spiro atoms. The molecule has 10 nitrogen and oxygen atoms in total. The van der Waals surface area contributed by atoms with Crippen molar-refractivity contribution < 1.29 is 25.8 Å². The minimum Gasteiger partial charge on any atom is -0.292 e. The van der Waals surface area contributed by atoms with Gasteiger partial charge in [0.1, 0.15) is 10.7 Å². The highest BCUT2D eigenvalue weighted by Crippen LogP contribution is 2.42. The molecule has 3 aromatic heterocycles. The molecule has 16 heteroatoms. The maximum absolute atomic E-state index is 13.4. The summed E-state index contributed by atoms with van der Waals surface area (Å²) < 4.78 is 82.7. The summed E-state index contributed by atoms with van der Waals surface area (Å²) in [6, 6.07) is 5.91. The number of halogens is 3. The molecule has 39 heavy (non-hydrogen) atoms. The Morgan fingerprint density at radius 3 is 2.49 bits per heavy atom. The Morgan fingerprint density at radius 1 is 1.23 bits per heavy atom. The molecular formula is C23H20F3N7O3S3. The van der Waals surface area contributed by atoms with E-state index in [1.165, 1.54) is 23.0 Å². The van der Waals surface area contributed by atoms with Gasteiger partial charge in [-0.2, -0.15) is 18.3 Å². The second-order valence-corrected chi connectivity index (χ2v) is 13.8. The van der Waals surface area contributed by atoms with Crippen LogP contribution in [0.3, 0.4) is 0 Å². The van der Waals surface area contributed by atoms with Gasteiger partial charge in [0.25, 0.3) is 5.66 Å². The van der Waals surface area contributed by atoms with Crippen molar-refractivity contribution in [3.63, 3.8) is 0 Å². The normalized spacial score (nSPS) is 15.9. The highest BCUT2D eigenvalue weighted by molar-refractivity contribution is 7.89. The first kappa shape index (κ1) is 27.3. The minimum atomic E-state index is -4.70. The molecule has 1 saturated carbocycles. The number of rotatable bonds is 7. The molecule has 5 rings (SSSR count). The number of benzene rings is 1. The Kier molecular flexibility index (Phi) is 6.61. The third-order valence-electron chi connectivity index (χ3n) is 6.04. The second kappa shape index (κ2) is 9.44. The second-order valence-electron chi connectivity index (χ2n) is 9.23. The lowest BCUT2D eigenvalue weighted by Crippen LogP contribution is -2.34. The van der Waals surface area contributed by atoms with Crippen LogP contribution in [0.4, 0.5) is 13.2 Å². The predicted molar refractivity (Wildman–Crippen MR) is 138 cm³/mol. The Hall–Kier alpha value is -3.26. The number of hydrogen-bond acceptors (Lipinski definition) is 8. The average molecular weight is 596 g/mol. The lowest BCUT2D eigenvalue weighted by atomic mass is 10.0. The fraction of sp³-hybridized carbons (Fsp3) is 0.348. The van der Waals surface area contributed by atoms with Crippen LogP contribution in [-0.4, -0.2) is 48.5 Å². The topological polar surface area (TPSA) is 124 Å². The molecule has 1 atom stereocenters. The minimum absolute atomic E-state index is 0.0237. The Bertz CT molecular complexity index is 1770. The lowest BCUT2D eigenvalue weighted by molar-refractivity contribution is -0.138. The fourth-order valence-electron chi connectivity index (χ4n) is 3.92. The largest absolute Gasteiger partial charge is 0.445 e. The molecule has 204 valence electrons.